The summed E-state index contributed by atoms with van der Waals surface area (Å²) < 4.78 is 0. The van der Waals surface area contributed by atoms with Crippen LogP contribution in [0.3, 0.4) is 0 Å². The van der Waals surface area contributed by atoms with Gasteiger partial charge in [0.2, 0.25) is 0 Å². The first-order valence-electron chi connectivity index (χ1n) is 6.60. The smallest absolute Gasteiger partial charge is 0.0480 e. The van der Waals surface area contributed by atoms with E-state index in [1.165, 1.54) is 32.1 Å². The van der Waals surface area contributed by atoms with Crippen LogP contribution < -0.4 is 17.0 Å². The van der Waals surface area contributed by atoms with Gasteiger partial charge in [0.15, 0.2) is 0 Å². The number of para-hydroxylation sites is 1. The van der Waals surface area contributed by atoms with E-state index in [0.29, 0.717) is 0 Å². The molecule has 1 unspecified atom stereocenters. The average Bonchev–Trinajstić information content (AvgIpc) is 2.35. The van der Waals surface area contributed by atoms with Crippen LogP contribution in [0.25, 0.3) is 0 Å². The summed E-state index contributed by atoms with van der Waals surface area (Å²) in [4.78, 5) is 0. The lowest BCUT2D eigenvalue weighted by Crippen LogP contribution is -2.28. The second kappa shape index (κ2) is 8.09. The Balaban J connectivity index is 2.41. The first-order valence-corrected chi connectivity index (χ1v) is 6.60. The monoisotopic (exact) mass is 235 g/mol. The molecule has 0 fully saturated rings. The normalized spacial score (nSPS) is 12.6. The number of benzene rings is 1. The molecule has 0 bridgehead atoms. The van der Waals surface area contributed by atoms with Gasteiger partial charge in [0.05, 0.1) is 0 Å². The Hall–Kier alpha value is -1.06. The van der Waals surface area contributed by atoms with Crippen molar-refractivity contribution in [1.82, 2.24) is 5.43 Å². The van der Waals surface area contributed by atoms with E-state index in [2.05, 4.69) is 12.3 Å². The van der Waals surface area contributed by atoms with E-state index in [0.717, 1.165) is 17.7 Å². The predicted octanol–water partition coefficient (Wildman–Crippen LogP) is 3.13. The highest BCUT2D eigenvalue weighted by Crippen LogP contribution is 2.24. The minimum atomic E-state index is 0.179. The van der Waals surface area contributed by atoms with Crippen LogP contribution in [-0.2, 0) is 0 Å². The predicted molar refractivity (Wildman–Crippen MR) is 74.3 cm³/mol. The average molecular weight is 235 g/mol. The van der Waals surface area contributed by atoms with Crippen LogP contribution in [0.5, 0.6) is 0 Å². The number of nitrogens with two attached hydrogens (primary N) is 2. The van der Waals surface area contributed by atoms with Crippen molar-refractivity contribution in [3.8, 4) is 0 Å². The van der Waals surface area contributed by atoms with Gasteiger partial charge < -0.3 is 5.73 Å². The molecule has 0 aliphatic carbocycles. The first kappa shape index (κ1) is 14.0. The summed E-state index contributed by atoms with van der Waals surface area (Å²) in [6.07, 6.45) is 7.45. The van der Waals surface area contributed by atoms with E-state index < -0.39 is 0 Å². The summed E-state index contributed by atoms with van der Waals surface area (Å²) in [6.45, 7) is 2.23. The second-order valence-electron chi connectivity index (χ2n) is 4.55. The highest BCUT2D eigenvalue weighted by molar-refractivity contribution is 5.48. The van der Waals surface area contributed by atoms with Crippen LogP contribution in [0.1, 0.15) is 57.1 Å². The summed E-state index contributed by atoms with van der Waals surface area (Å²) in [7, 11) is 0. The number of nitrogen functional groups attached to an aromatic ring is 1. The Labute approximate surface area is 105 Å². The Morgan fingerprint density at radius 1 is 1.12 bits per heavy atom. The Morgan fingerprint density at radius 2 is 1.82 bits per heavy atom. The van der Waals surface area contributed by atoms with E-state index >= 15 is 0 Å². The van der Waals surface area contributed by atoms with Gasteiger partial charge in [-0.15, -0.1) is 0 Å². The van der Waals surface area contributed by atoms with Gasteiger partial charge in [0.1, 0.15) is 0 Å². The maximum atomic E-state index is 5.95. The molecule has 0 radical (unpaired) electrons. The highest BCUT2D eigenvalue weighted by atomic mass is 15.2. The molecule has 0 aromatic heterocycles. The van der Waals surface area contributed by atoms with Crippen LogP contribution in [0.15, 0.2) is 24.3 Å². The number of rotatable bonds is 8. The number of hydrogen-bond acceptors (Lipinski definition) is 3. The fourth-order valence-corrected chi connectivity index (χ4v) is 2.11. The molecule has 0 spiro atoms. The van der Waals surface area contributed by atoms with E-state index in [-0.39, 0.29) is 6.04 Å². The lowest BCUT2D eigenvalue weighted by molar-refractivity contribution is 0.480. The third-order valence-electron chi connectivity index (χ3n) is 3.17. The molecule has 1 rings (SSSR count). The van der Waals surface area contributed by atoms with Crippen LogP contribution >= 0.6 is 0 Å². The maximum absolute atomic E-state index is 5.95. The second-order valence-corrected chi connectivity index (χ2v) is 4.55. The van der Waals surface area contributed by atoms with Crippen LogP contribution in [0, 0.1) is 0 Å². The SMILES string of the molecule is CCCCCCCC(NN)c1ccccc1N. The third kappa shape index (κ3) is 4.75. The summed E-state index contributed by atoms with van der Waals surface area (Å²) in [6, 6.07) is 8.11. The van der Waals surface area contributed by atoms with Crippen molar-refractivity contribution in [3.05, 3.63) is 29.8 Å². The minimum Gasteiger partial charge on any atom is -0.398 e. The lowest BCUT2D eigenvalue weighted by Gasteiger charge is -2.18. The van der Waals surface area contributed by atoms with Gasteiger partial charge in [-0.3, -0.25) is 11.3 Å². The molecule has 3 nitrogen and oxygen atoms in total. The van der Waals surface area contributed by atoms with Gasteiger partial charge in [-0.05, 0) is 18.1 Å². The quantitative estimate of drug-likeness (QED) is 0.281. The van der Waals surface area contributed by atoms with E-state index in [1.807, 2.05) is 24.3 Å². The summed E-state index contributed by atoms with van der Waals surface area (Å²) >= 11 is 0. The fraction of sp³-hybridized carbons (Fsp3) is 0.571. The number of unbranched alkanes of at least 4 members (excludes halogenated alkanes) is 4. The molecule has 0 aliphatic heterocycles. The minimum absolute atomic E-state index is 0.179. The molecule has 1 aromatic rings. The zero-order valence-corrected chi connectivity index (χ0v) is 10.8. The molecular weight excluding hydrogens is 210 g/mol. The zero-order chi connectivity index (χ0) is 12.5. The highest BCUT2D eigenvalue weighted by Gasteiger charge is 2.11. The van der Waals surface area contributed by atoms with Gasteiger partial charge in [-0.25, -0.2) is 0 Å². The molecule has 0 heterocycles. The van der Waals surface area contributed by atoms with Crippen LogP contribution in [-0.4, -0.2) is 0 Å². The Morgan fingerprint density at radius 3 is 2.47 bits per heavy atom. The molecule has 17 heavy (non-hydrogen) atoms. The van der Waals surface area contributed by atoms with Gasteiger partial charge in [0, 0.05) is 11.7 Å². The number of anilines is 1. The molecule has 5 N–H and O–H groups in total. The summed E-state index contributed by atoms with van der Waals surface area (Å²) in [5, 5.41) is 0. The number of hydrogen-bond donors (Lipinski definition) is 3. The first-order chi connectivity index (χ1) is 8.29. The molecule has 1 atom stereocenters. The van der Waals surface area contributed by atoms with Crippen molar-refractivity contribution in [2.75, 3.05) is 5.73 Å². The molecule has 3 heteroatoms. The summed E-state index contributed by atoms with van der Waals surface area (Å²) in [5.41, 5.74) is 10.8. The molecule has 0 aliphatic rings. The van der Waals surface area contributed by atoms with Gasteiger partial charge in [0.25, 0.3) is 0 Å². The molecule has 0 saturated carbocycles. The number of hydrazine groups is 1. The van der Waals surface area contributed by atoms with Crippen LogP contribution in [0.2, 0.25) is 0 Å². The topological polar surface area (TPSA) is 64.1 Å². The van der Waals surface area contributed by atoms with E-state index in [9.17, 15) is 0 Å². The fourth-order valence-electron chi connectivity index (χ4n) is 2.11. The standard InChI is InChI=1S/C14H25N3/c1-2-3-4-5-6-11-14(17-16)12-9-7-8-10-13(12)15/h7-10,14,17H,2-6,11,15-16H2,1H3. The van der Waals surface area contributed by atoms with Crippen LogP contribution in [0.4, 0.5) is 5.69 Å². The third-order valence-corrected chi connectivity index (χ3v) is 3.17. The zero-order valence-electron chi connectivity index (χ0n) is 10.8. The van der Waals surface area contributed by atoms with Gasteiger partial charge in [-0.1, -0.05) is 57.2 Å². The Kier molecular flexibility index (Phi) is 6.67. The van der Waals surface area contributed by atoms with Gasteiger partial charge >= 0.3 is 0 Å². The molecule has 1 aromatic carbocycles. The maximum Gasteiger partial charge on any atom is 0.0480 e. The van der Waals surface area contributed by atoms with Crippen molar-refractivity contribution < 1.29 is 0 Å². The lowest BCUT2D eigenvalue weighted by atomic mass is 9.99. The van der Waals surface area contributed by atoms with Crippen molar-refractivity contribution in [1.29, 1.82) is 0 Å². The van der Waals surface area contributed by atoms with Crippen molar-refractivity contribution in [2.24, 2.45) is 5.84 Å². The van der Waals surface area contributed by atoms with E-state index in [4.69, 9.17) is 11.6 Å². The largest absolute Gasteiger partial charge is 0.398 e. The van der Waals surface area contributed by atoms with Crippen molar-refractivity contribution >= 4 is 5.69 Å². The number of nitrogens with one attached hydrogen (secondary N) is 1. The van der Waals surface area contributed by atoms with E-state index in [1.54, 1.807) is 0 Å². The molecule has 0 saturated heterocycles. The Bertz CT molecular complexity index is 312. The van der Waals surface area contributed by atoms with Gasteiger partial charge in [-0.2, -0.15) is 0 Å². The molecular formula is C14H25N3. The summed E-state index contributed by atoms with van der Waals surface area (Å²) in [5.74, 6) is 5.61. The molecule has 0 amide bonds. The van der Waals surface area contributed by atoms with Crippen molar-refractivity contribution in [2.45, 2.75) is 51.5 Å². The van der Waals surface area contributed by atoms with Crippen molar-refractivity contribution in [3.63, 3.8) is 0 Å². The molecule has 96 valence electrons.